The van der Waals surface area contributed by atoms with Crippen LogP contribution in [0.15, 0.2) is 18.2 Å². The van der Waals surface area contributed by atoms with Crippen LogP contribution < -0.4 is 11.1 Å². The van der Waals surface area contributed by atoms with Crippen LogP contribution >= 0.6 is 0 Å². The van der Waals surface area contributed by atoms with Crippen molar-refractivity contribution in [2.45, 2.75) is 39.7 Å². The number of hydrogen-bond acceptors (Lipinski definition) is 2. The van der Waals surface area contributed by atoms with E-state index in [9.17, 15) is 4.79 Å². The van der Waals surface area contributed by atoms with Gasteiger partial charge in [0.1, 0.15) is 0 Å². The molecule has 3 heteroatoms. The first-order valence-corrected chi connectivity index (χ1v) is 6.07. The Morgan fingerprint density at radius 2 is 2.12 bits per heavy atom. The second-order valence-corrected chi connectivity index (χ2v) is 4.72. The molecule has 0 fully saturated rings. The van der Waals surface area contributed by atoms with Gasteiger partial charge < -0.3 is 11.1 Å². The van der Waals surface area contributed by atoms with Crippen molar-refractivity contribution >= 4 is 5.91 Å². The van der Waals surface area contributed by atoms with Gasteiger partial charge >= 0.3 is 0 Å². The van der Waals surface area contributed by atoms with Gasteiger partial charge in [0.05, 0.1) is 6.42 Å². The number of aryl methyl sites for hydroxylation is 2. The van der Waals surface area contributed by atoms with Crippen LogP contribution in [0.5, 0.6) is 0 Å². The standard InChI is InChI=1S/C14H22N2O/c1-10-4-5-11(2)13(8-10)9-14(17)16-7-6-12(3)15/h4-5,8,12H,6-7,9,15H2,1-3H3,(H,16,17). The molecule has 1 amide bonds. The Labute approximate surface area is 103 Å². The molecule has 0 heterocycles. The Balaban J connectivity index is 2.47. The molecule has 0 aliphatic heterocycles. The molecule has 17 heavy (non-hydrogen) atoms. The maximum absolute atomic E-state index is 11.7. The minimum Gasteiger partial charge on any atom is -0.356 e. The van der Waals surface area contributed by atoms with Crippen molar-refractivity contribution in [2.75, 3.05) is 6.54 Å². The normalized spacial score (nSPS) is 12.2. The summed E-state index contributed by atoms with van der Waals surface area (Å²) in [5.41, 5.74) is 9.08. The molecule has 1 aromatic carbocycles. The van der Waals surface area contributed by atoms with E-state index in [-0.39, 0.29) is 11.9 Å². The smallest absolute Gasteiger partial charge is 0.224 e. The van der Waals surface area contributed by atoms with Crippen molar-refractivity contribution in [2.24, 2.45) is 5.73 Å². The van der Waals surface area contributed by atoms with Crippen molar-refractivity contribution in [3.05, 3.63) is 34.9 Å². The van der Waals surface area contributed by atoms with E-state index in [2.05, 4.69) is 23.5 Å². The van der Waals surface area contributed by atoms with Crippen molar-refractivity contribution in [3.8, 4) is 0 Å². The fourth-order valence-corrected chi connectivity index (χ4v) is 1.67. The van der Waals surface area contributed by atoms with E-state index < -0.39 is 0 Å². The molecule has 1 aromatic rings. The summed E-state index contributed by atoms with van der Waals surface area (Å²) in [7, 11) is 0. The van der Waals surface area contributed by atoms with Gasteiger partial charge in [-0.25, -0.2) is 0 Å². The van der Waals surface area contributed by atoms with Crippen molar-refractivity contribution in [3.63, 3.8) is 0 Å². The quantitative estimate of drug-likeness (QED) is 0.814. The largest absolute Gasteiger partial charge is 0.356 e. The van der Waals surface area contributed by atoms with Gasteiger partial charge in [-0.2, -0.15) is 0 Å². The van der Waals surface area contributed by atoms with Gasteiger partial charge in [-0.1, -0.05) is 23.8 Å². The van der Waals surface area contributed by atoms with Crippen LogP contribution in [-0.4, -0.2) is 18.5 Å². The minimum absolute atomic E-state index is 0.0688. The first-order valence-electron chi connectivity index (χ1n) is 6.07. The Hall–Kier alpha value is -1.35. The van der Waals surface area contributed by atoms with E-state index in [1.807, 2.05) is 20.8 Å². The Kier molecular flexibility index (Phi) is 5.16. The summed E-state index contributed by atoms with van der Waals surface area (Å²) >= 11 is 0. The highest BCUT2D eigenvalue weighted by molar-refractivity contribution is 5.78. The predicted molar refractivity (Wildman–Crippen MR) is 70.9 cm³/mol. The topological polar surface area (TPSA) is 55.1 Å². The van der Waals surface area contributed by atoms with E-state index in [1.54, 1.807) is 0 Å². The van der Waals surface area contributed by atoms with Crippen molar-refractivity contribution < 1.29 is 4.79 Å². The van der Waals surface area contributed by atoms with Gasteiger partial charge in [0.15, 0.2) is 0 Å². The zero-order chi connectivity index (χ0) is 12.8. The summed E-state index contributed by atoms with van der Waals surface area (Å²) in [4.78, 5) is 11.7. The molecular formula is C14H22N2O. The van der Waals surface area contributed by atoms with Crippen LogP contribution in [0.1, 0.15) is 30.0 Å². The maximum atomic E-state index is 11.7. The molecule has 0 bridgehead atoms. The van der Waals surface area contributed by atoms with Crippen molar-refractivity contribution in [1.82, 2.24) is 5.32 Å². The lowest BCUT2D eigenvalue weighted by Gasteiger charge is -2.09. The van der Waals surface area contributed by atoms with E-state index in [4.69, 9.17) is 5.73 Å². The second-order valence-electron chi connectivity index (χ2n) is 4.72. The van der Waals surface area contributed by atoms with Crippen LogP contribution in [0.25, 0.3) is 0 Å². The van der Waals surface area contributed by atoms with E-state index in [0.29, 0.717) is 13.0 Å². The molecule has 0 saturated carbocycles. The molecule has 0 aromatic heterocycles. The van der Waals surface area contributed by atoms with Gasteiger partial charge in [-0.05, 0) is 38.3 Å². The first kappa shape index (κ1) is 13.7. The third-order valence-electron chi connectivity index (χ3n) is 2.78. The Morgan fingerprint density at radius 3 is 2.76 bits per heavy atom. The zero-order valence-electron chi connectivity index (χ0n) is 10.9. The SMILES string of the molecule is Cc1ccc(C)c(CC(=O)NCCC(C)N)c1. The maximum Gasteiger partial charge on any atom is 0.224 e. The lowest BCUT2D eigenvalue weighted by molar-refractivity contribution is -0.120. The molecule has 94 valence electrons. The molecule has 0 spiro atoms. The highest BCUT2D eigenvalue weighted by Crippen LogP contribution is 2.11. The number of nitrogens with one attached hydrogen (secondary N) is 1. The molecular weight excluding hydrogens is 212 g/mol. The molecule has 1 atom stereocenters. The average molecular weight is 234 g/mol. The third-order valence-corrected chi connectivity index (χ3v) is 2.78. The number of rotatable bonds is 5. The fraction of sp³-hybridized carbons (Fsp3) is 0.500. The van der Waals surface area contributed by atoms with Crippen LogP contribution in [0.3, 0.4) is 0 Å². The summed E-state index contributed by atoms with van der Waals surface area (Å²) in [6.07, 6.45) is 1.27. The van der Waals surface area contributed by atoms with Crippen LogP contribution in [0.2, 0.25) is 0 Å². The van der Waals surface area contributed by atoms with Crippen LogP contribution in [0.4, 0.5) is 0 Å². The minimum atomic E-state index is 0.0688. The van der Waals surface area contributed by atoms with Gasteiger partial charge in [0, 0.05) is 12.6 Å². The van der Waals surface area contributed by atoms with Crippen LogP contribution in [-0.2, 0) is 11.2 Å². The zero-order valence-corrected chi connectivity index (χ0v) is 10.9. The summed E-state index contributed by atoms with van der Waals surface area (Å²) < 4.78 is 0. The third kappa shape index (κ3) is 5.00. The molecule has 0 aliphatic carbocycles. The Bertz CT molecular complexity index is 386. The van der Waals surface area contributed by atoms with Crippen LogP contribution in [0, 0.1) is 13.8 Å². The molecule has 1 unspecified atom stereocenters. The highest BCUT2D eigenvalue weighted by Gasteiger charge is 2.06. The molecule has 0 radical (unpaired) electrons. The summed E-state index contributed by atoms with van der Waals surface area (Å²) in [6.45, 7) is 6.67. The molecule has 3 nitrogen and oxygen atoms in total. The second kappa shape index (κ2) is 6.40. The highest BCUT2D eigenvalue weighted by atomic mass is 16.1. The summed E-state index contributed by atoms with van der Waals surface area (Å²) in [5.74, 6) is 0.0688. The number of amides is 1. The lowest BCUT2D eigenvalue weighted by atomic mass is 10.0. The van der Waals surface area contributed by atoms with Crippen molar-refractivity contribution in [1.29, 1.82) is 0 Å². The Morgan fingerprint density at radius 1 is 1.41 bits per heavy atom. The summed E-state index contributed by atoms with van der Waals surface area (Å²) in [6, 6.07) is 6.32. The number of benzene rings is 1. The van der Waals surface area contributed by atoms with Gasteiger partial charge in [-0.15, -0.1) is 0 Å². The average Bonchev–Trinajstić information content (AvgIpc) is 2.23. The van der Waals surface area contributed by atoms with E-state index >= 15 is 0 Å². The molecule has 1 rings (SSSR count). The monoisotopic (exact) mass is 234 g/mol. The number of nitrogens with two attached hydrogens (primary N) is 1. The summed E-state index contributed by atoms with van der Waals surface area (Å²) in [5, 5.41) is 2.89. The van der Waals surface area contributed by atoms with E-state index in [1.165, 1.54) is 5.56 Å². The van der Waals surface area contributed by atoms with E-state index in [0.717, 1.165) is 17.5 Å². The van der Waals surface area contributed by atoms with Gasteiger partial charge in [0.25, 0.3) is 0 Å². The molecule has 0 saturated heterocycles. The lowest BCUT2D eigenvalue weighted by Crippen LogP contribution is -2.30. The molecule has 3 N–H and O–H groups in total. The van der Waals surface area contributed by atoms with Gasteiger partial charge in [-0.3, -0.25) is 4.79 Å². The van der Waals surface area contributed by atoms with Gasteiger partial charge in [0.2, 0.25) is 5.91 Å². The fourth-order valence-electron chi connectivity index (χ4n) is 1.67. The molecule has 0 aliphatic rings. The predicted octanol–water partition coefficient (Wildman–Crippen LogP) is 1.70. The number of hydrogen-bond donors (Lipinski definition) is 2. The number of carbonyl (C=O) groups excluding carboxylic acids is 1. The number of carbonyl (C=O) groups is 1. The first-order chi connectivity index (χ1) is 7.99.